The van der Waals surface area contributed by atoms with Crippen LogP contribution in [0, 0.1) is 0 Å². The fourth-order valence-electron chi connectivity index (χ4n) is 2.60. The van der Waals surface area contributed by atoms with Crippen molar-refractivity contribution in [3.8, 4) is 11.5 Å². The summed E-state index contributed by atoms with van der Waals surface area (Å²) in [7, 11) is 1.63. The van der Waals surface area contributed by atoms with Crippen LogP contribution < -0.4 is 9.47 Å². The Hall–Kier alpha value is -3.60. The minimum absolute atomic E-state index is 0.144. The summed E-state index contributed by atoms with van der Waals surface area (Å²) in [5.41, 5.74) is 1.42. The third-order valence-electron chi connectivity index (χ3n) is 4.00. The molecule has 3 aromatic carbocycles. The van der Waals surface area contributed by atoms with E-state index >= 15 is 0 Å². The number of carbonyl (C=O) groups excluding carboxylic acids is 1. The predicted molar refractivity (Wildman–Crippen MR) is 103 cm³/mol. The normalized spacial score (nSPS) is 10.9. The molecule has 3 rings (SSSR count). The number of ether oxygens (including phenoxy) is 2. The number of carboxylic acids is 1. The van der Waals surface area contributed by atoms with E-state index in [9.17, 15) is 9.59 Å². The summed E-state index contributed by atoms with van der Waals surface area (Å²) in [4.78, 5) is 22.8. The van der Waals surface area contributed by atoms with Gasteiger partial charge in [0.2, 0.25) is 0 Å². The van der Waals surface area contributed by atoms with Gasteiger partial charge in [-0.15, -0.1) is 0 Å². The lowest BCUT2D eigenvalue weighted by molar-refractivity contribution is -0.139. The van der Waals surface area contributed by atoms with E-state index in [1.165, 1.54) is 6.08 Å². The maximum atomic E-state index is 12.3. The molecule has 27 heavy (non-hydrogen) atoms. The highest BCUT2D eigenvalue weighted by molar-refractivity contribution is 6.07. The van der Waals surface area contributed by atoms with Crippen molar-refractivity contribution < 1.29 is 24.2 Å². The Morgan fingerprint density at radius 3 is 2.30 bits per heavy atom. The summed E-state index contributed by atoms with van der Waals surface area (Å²) >= 11 is 0. The van der Waals surface area contributed by atoms with Gasteiger partial charge >= 0.3 is 5.97 Å². The molecule has 0 aliphatic carbocycles. The fraction of sp³-hybridized carbons (Fsp3) is 0.0909. The zero-order valence-corrected chi connectivity index (χ0v) is 14.7. The van der Waals surface area contributed by atoms with Gasteiger partial charge in [0.1, 0.15) is 11.5 Å². The second-order valence-corrected chi connectivity index (χ2v) is 5.88. The molecule has 0 aromatic heterocycles. The van der Waals surface area contributed by atoms with E-state index in [1.54, 1.807) is 37.5 Å². The summed E-state index contributed by atoms with van der Waals surface area (Å²) in [5.74, 6) is 0.0150. The van der Waals surface area contributed by atoms with Gasteiger partial charge in [0.05, 0.1) is 7.11 Å². The van der Waals surface area contributed by atoms with Crippen LogP contribution in [0.15, 0.2) is 66.7 Å². The topological polar surface area (TPSA) is 72.8 Å². The molecule has 0 radical (unpaired) electrons. The average Bonchev–Trinajstić information content (AvgIpc) is 2.70. The molecule has 0 aliphatic heterocycles. The molecule has 0 atom stereocenters. The highest BCUT2D eigenvalue weighted by atomic mass is 16.5. The zero-order chi connectivity index (χ0) is 19.2. The van der Waals surface area contributed by atoms with E-state index in [4.69, 9.17) is 14.6 Å². The highest BCUT2D eigenvalue weighted by Crippen LogP contribution is 2.22. The van der Waals surface area contributed by atoms with Gasteiger partial charge in [0.15, 0.2) is 12.4 Å². The first-order valence-corrected chi connectivity index (χ1v) is 8.30. The SMILES string of the molecule is COc1ccc2cc(/C=C/C(=O)c3ccc(OCC(=O)O)cc3)ccc2c1. The summed E-state index contributed by atoms with van der Waals surface area (Å²) in [6, 6.07) is 18.1. The lowest BCUT2D eigenvalue weighted by atomic mass is 10.0. The summed E-state index contributed by atoms with van der Waals surface area (Å²) in [5, 5.41) is 10.7. The molecule has 0 saturated heterocycles. The number of ketones is 1. The van der Waals surface area contributed by atoms with E-state index in [-0.39, 0.29) is 5.78 Å². The Morgan fingerprint density at radius 1 is 0.926 bits per heavy atom. The number of hydrogen-bond acceptors (Lipinski definition) is 4. The van der Waals surface area contributed by atoms with Gasteiger partial charge in [-0.1, -0.05) is 24.3 Å². The molecule has 0 amide bonds. The molecule has 0 unspecified atom stereocenters. The Labute approximate surface area is 156 Å². The van der Waals surface area contributed by atoms with Gasteiger partial charge in [0.25, 0.3) is 0 Å². The van der Waals surface area contributed by atoms with Crippen molar-refractivity contribution in [1.82, 2.24) is 0 Å². The van der Waals surface area contributed by atoms with E-state index < -0.39 is 12.6 Å². The third-order valence-corrected chi connectivity index (χ3v) is 4.00. The molecule has 0 heterocycles. The van der Waals surface area contributed by atoms with Crippen molar-refractivity contribution in [1.29, 1.82) is 0 Å². The minimum Gasteiger partial charge on any atom is -0.497 e. The zero-order valence-electron chi connectivity index (χ0n) is 14.7. The molecular weight excluding hydrogens is 344 g/mol. The molecule has 0 fully saturated rings. The largest absolute Gasteiger partial charge is 0.497 e. The van der Waals surface area contributed by atoms with Crippen LogP contribution in [0.3, 0.4) is 0 Å². The van der Waals surface area contributed by atoms with Crippen molar-refractivity contribution in [3.05, 3.63) is 77.9 Å². The van der Waals surface area contributed by atoms with Crippen LogP contribution >= 0.6 is 0 Å². The first-order valence-electron chi connectivity index (χ1n) is 8.30. The molecule has 0 saturated carbocycles. The summed E-state index contributed by atoms with van der Waals surface area (Å²) < 4.78 is 10.3. The quantitative estimate of drug-likeness (QED) is 0.503. The van der Waals surface area contributed by atoms with Crippen molar-refractivity contribution in [2.75, 3.05) is 13.7 Å². The molecule has 0 aliphatic rings. The van der Waals surface area contributed by atoms with Crippen molar-refractivity contribution in [2.45, 2.75) is 0 Å². The number of hydrogen-bond donors (Lipinski definition) is 1. The van der Waals surface area contributed by atoms with Gasteiger partial charge < -0.3 is 14.6 Å². The van der Waals surface area contributed by atoms with Gasteiger partial charge in [0, 0.05) is 5.56 Å². The van der Waals surface area contributed by atoms with Crippen LogP contribution in [0.5, 0.6) is 11.5 Å². The van der Waals surface area contributed by atoms with Crippen LogP contribution in [0.2, 0.25) is 0 Å². The second kappa shape index (κ2) is 8.19. The molecule has 3 aromatic rings. The summed E-state index contributed by atoms with van der Waals surface area (Å²) in [6.45, 7) is -0.416. The van der Waals surface area contributed by atoms with Crippen LogP contribution in [0.1, 0.15) is 15.9 Å². The van der Waals surface area contributed by atoms with Crippen LogP contribution in [-0.2, 0) is 4.79 Å². The average molecular weight is 362 g/mol. The predicted octanol–water partition coefficient (Wildman–Crippen LogP) is 4.21. The monoisotopic (exact) mass is 362 g/mol. The number of carbonyl (C=O) groups is 2. The Bertz CT molecular complexity index is 1000. The van der Waals surface area contributed by atoms with E-state index in [1.807, 2.05) is 36.4 Å². The molecule has 0 bridgehead atoms. The first-order chi connectivity index (χ1) is 13.0. The highest BCUT2D eigenvalue weighted by Gasteiger charge is 2.04. The van der Waals surface area contributed by atoms with Crippen LogP contribution in [0.4, 0.5) is 0 Å². The molecule has 136 valence electrons. The maximum absolute atomic E-state index is 12.3. The van der Waals surface area contributed by atoms with Crippen molar-refractivity contribution in [3.63, 3.8) is 0 Å². The molecule has 0 spiro atoms. The lowest BCUT2D eigenvalue weighted by Gasteiger charge is -2.04. The number of aliphatic carboxylic acids is 1. The number of allylic oxidation sites excluding steroid dienone is 1. The maximum Gasteiger partial charge on any atom is 0.341 e. The van der Waals surface area contributed by atoms with Crippen molar-refractivity contribution in [2.24, 2.45) is 0 Å². The number of benzene rings is 3. The van der Waals surface area contributed by atoms with Gasteiger partial charge in [-0.25, -0.2) is 4.79 Å². The minimum atomic E-state index is -1.05. The number of fused-ring (bicyclic) bond motifs is 1. The van der Waals surface area contributed by atoms with Gasteiger partial charge in [-0.3, -0.25) is 4.79 Å². The van der Waals surface area contributed by atoms with E-state index in [0.29, 0.717) is 11.3 Å². The lowest BCUT2D eigenvalue weighted by Crippen LogP contribution is -2.09. The Balaban J connectivity index is 1.70. The second-order valence-electron chi connectivity index (χ2n) is 5.88. The first kappa shape index (κ1) is 18.2. The Kier molecular flexibility index (Phi) is 5.52. The Morgan fingerprint density at radius 2 is 1.59 bits per heavy atom. The van der Waals surface area contributed by atoms with Crippen LogP contribution in [0.25, 0.3) is 16.8 Å². The smallest absolute Gasteiger partial charge is 0.341 e. The standard InChI is InChI=1S/C22H18O5/c1-26-20-10-7-17-12-15(2-4-18(17)13-20)3-11-21(23)16-5-8-19(9-6-16)27-14-22(24)25/h2-13H,14H2,1H3,(H,24,25)/b11-3+. The van der Waals surface area contributed by atoms with E-state index in [2.05, 4.69) is 0 Å². The molecule has 1 N–H and O–H groups in total. The third kappa shape index (κ3) is 4.73. The van der Waals surface area contributed by atoms with Gasteiger partial charge in [-0.05, 0) is 64.9 Å². The summed E-state index contributed by atoms with van der Waals surface area (Å²) in [6.07, 6.45) is 3.28. The number of carboxylic acid groups (broad SMARTS) is 1. The fourth-order valence-corrected chi connectivity index (χ4v) is 2.60. The molecular formula is C22H18O5. The van der Waals surface area contributed by atoms with Crippen LogP contribution in [-0.4, -0.2) is 30.6 Å². The van der Waals surface area contributed by atoms with Crippen molar-refractivity contribution >= 4 is 28.6 Å². The molecule has 5 nitrogen and oxygen atoms in total. The van der Waals surface area contributed by atoms with E-state index in [0.717, 1.165) is 22.1 Å². The molecule has 5 heteroatoms. The number of methoxy groups -OCH3 is 1. The number of rotatable bonds is 7. The van der Waals surface area contributed by atoms with Gasteiger partial charge in [-0.2, -0.15) is 0 Å².